The van der Waals surface area contributed by atoms with Crippen LogP contribution in [-0.2, 0) is 4.74 Å². The summed E-state index contributed by atoms with van der Waals surface area (Å²) in [6.45, 7) is 0. The van der Waals surface area contributed by atoms with Crippen molar-refractivity contribution in [2.45, 2.75) is 0 Å². The van der Waals surface area contributed by atoms with Crippen molar-refractivity contribution >= 4 is 28.3 Å². The quantitative estimate of drug-likeness (QED) is 0.327. The van der Waals surface area contributed by atoms with Gasteiger partial charge in [0.15, 0.2) is 0 Å². The van der Waals surface area contributed by atoms with Crippen LogP contribution in [0.3, 0.4) is 0 Å². The van der Waals surface area contributed by atoms with Gasteiger partial charge in [0.2, 0.25) is 0 Å². The minimum Gasteiger partial charge on any atom is -0.465 e. The van der Waals surface area contributed by atoms with Gasteiger partial charge in [-0.15, -0.1) is 0 Å². The number of benzene rings is 4. The lowest BCUT2D eigenvalue weighted by Gasteiger charge is -2.13. The van der Waals surface area contributed by atoms with E-state index in [1.54, 1.807) is 12.1 Å². The van der Waals surface area contributed by atoms with Gasteiger partial charge in [0.05, 0.1) is 12.7 Å². The third-order valence-corrected chi connectivity index (χ3v) is 5.46. The third-order valence-electron chi connectivity index (χ3n) is 5.23. The first-order chi connectivity index (χ1) is 13.2. The molecule has 0 spiro atoms. The lowest BCUT2D eigenvalue weighted by Crippen LogP contribution is -2.03. The van der Waals surface area contributed by atoms with E-state index in [9.17, 15) is 4.79 Å². The van der Waals surface area contributed by atoms with Gasteiger partial charge in [0.1, 0.15) is 0 Å². The number of ether oxygens (including phenoxy) is 1. The first-order valence-electron chi connectivity index (χ1n) is 8.73. The molecule has 0 fully saturated rings. The first kappa shape index (κ1) is 16.1. The summed E-state index contributed by atoms with van der Waals surface area (Å²) < 4.78 is 4.98. The van der Waals surface area contributed by atoms with E-state index >= 15 is 0 Å². The second-order valence-electron chi connectivity index (χ2n) is 6.62. The van der Waals surface area contributed by atoms with Crippen LogP contribution in [0.2, 0.25) is 5.02 Å². The fourth-order valence-corrected chi connectivity index (χ4v) is 4.24. The van der Waals surface area contributed by atoms with E-state index in [1.807, 2.05) is 6.07 Å². The second kappa shape index (κ2) is 5.97. The summed E-state index contributed by atoms with van der Waals surface area (Å²) in [6.07, 6.45) is 0. The van der Waals surface area contributed by atoms with Crippen molar-refractivity contribution in [3.63, 3.8) is 0 Å². The van der Waals surface area contributed by atoms with Crippen LogP contribution in [0.15, 0.2) is 72.8 Å². The number of hydrogen-bond acceptors (Lipinski definition) is 2. The Morgan fingerprint density at radius 3 is 2.15 bits per heavy atom. The van der Waals surface area contributed by atoms with E-state index in [4.69, 9.17) is 16.3 Å². The Morgan fingerprint density at radius 1 is 0.741 bits per heavy atom. The largest absolute Gasteiger partial charge is 0.465 e. The molecule has 4 aromatic carbocycles. The SMILES string of the molecule is COC(=O)c1ccc(Cl)cc1-c1ccc2c3c(cccc13)-c1ccccc1-2. The molecule has 0 bridgehead atoms. The Labute approximate surface area is 162 Å². The molecule has 0 aliphatic heterocycles. The highest BCUT2D eigenvalue weighted by Crippen LogP contribution is 2.49. The number of esters is 1. The molecule has 3 heteroatoms. The first-order valence-corrected chi connectivity index (χ1v) is 9.10. The fourth-order valence-electron chi connectivity index (χ4n) is 4.07. The summed E-state index contributed by atoms with van der Waals surface area (Å²) in [5.74, 6) is -0.367. The highest BCUT2D eigenvalue weighted by atomic mass is 35.5. The molecule has 27 heavy (non-hydrogen) atoms. The monoisotopic (exact) mass is 370 g/mol. The van der Waals surface area contributed by atoms with Gasteiger partial charge in [0.25, 0.3) is 0 Å². The molecule has 0 radical (unpaired) electrons. The number of hydrogen-bond donors (Lipinski definition) is 0. The molecule has 2 nitrogen and oxygen atoms in total. The van der Waals surface area contributed by atoms with Gasteiger partial charge in [-0.2, -0.15) is 0 Å². The molecule has 0 saturated heterocycles. The van der Waals surface area contributed by atoms with E-state index < -0.39 is 0 Å². The van der Waals surface area contributed by atoms with Gasteiger partial charge in [-0.3, -0.25) is 0 Å². The van der Waals surface area contributed by atoms with Crippen molar-refractivity contribution < 1.29 is 9.53 Å². The molecule has 0 N–H and O–H groups in total. The summed E-state index contributed by atoms with van der Waals surface area (Å²) >= 11 is 6.26. The topological polar surface area (TPSA) is 26.3 Å². The summed E-state index contributed by atoms with van der Waals surface area (Å²) in [6, 6.07) is 24.2. The number of rotatable bonds is 2. The maximum absolute atomic E-state index is 12.3. The molecular formula is C24H15ClO2. The lowest BCUT2D eigenvalue weighted by molar-refractivity contribution is 0.0601. The molecule has 5 rings (SSSR count). The number of fused-ring (bicyclic) bond motifs is 3. The third kappa shape index (κ3) is 2.30. The van der Waals surface area contributed by atoms with Crippen molar-refractivity contribution in [3.8, 4) is 33.4 Å². The van der Waals surface area contributed by atoms with Crippen molar-refractivity contribution in [2.24, 2.45) is 0 Å². The van der Waals surface area contributed by atoms with Gasteiger partial charge in [-0.05, 0) is 62.4 Å². The van der Waals surface area contributed by atoms with Crippen LogP contribution >= 0.6 is 11.6 Å². The Kier molecular flexibility index (Phi) is 3.56. The van der Waals surface area contributed by atoms with E-state index in [2.05, 4.69) is 54.6 Å². The fraction of sp³-hybridized carbons (Fsp3) is 0.0417. The van der Waals surface area contributed by atoms with Gasteiger partial charge in [-0.25, -0.2) is 4.79 Å². The maximum atomic E-state index is 12.3. The number of methoxy groups -OCH3 is 1. The molecule has 0 aromatic heterocycles. The summed E-state index contributed by atoms with van der Waals surface area (Å²) in [5, 5.41) is 2.91. The van der Waals surface area contributed by atoms with Gasteiger partial charge in [-0.1, -0.05) is 66.2 Å². The highest BCUT2D eigenvalue weighted by Gasteiger charge is 2.23. The molecule has 130 valence electrons. The van der Waals surface area contributed by atoms with Crippen molar-refractivity contribution in [2.75, 3.05) is 7.11 Å². The van der Waals surface area contributed by atoms with Crippen LogP contribution in [0.4, 0.5) is 0 Å². The minimum atomic E-state index is -0.367. The lowest BCUT2D eigenvalue weighted by atomic mass is 9.92. The van der Waals surface area contributed by atoms with Crippen LogP contribution in [0.25, 0.3) is 44.2 Å². The van der Waals surface area contributed by atoms with Gasteiger partial charge in [0, 0.05) is 5.02 Å². The predicted molar refractivity (Wildman–Crippen MR) is 110 cm³/mol. The number of halogens is 1. The zero-order valence-corrected chi connectivity index (χ0v) is 15.4. The molecule has 0 amide bonds. The zero-order valence-electron chi connectivity index (χ0n) is 14.6. The molecule has 4 aromatic rings. The Balaban J connectivity index is 1.86. The van der Waals surface area contributed by atoms with Crippen molar-refractivity contribution in [3.05, 3.63) is 83.4 Å². The maximum Gasteiger partial charge on any atom is 0.338 e. The molecular weight excluding hydrogens is 356 g/mol. The van der Waals surface area contributed by atoms with Crippen LogP contribution in [0, 0.1) is 0 Å². The van der Waals surface area contributed by atoms with Crippen LogP contribution < -0.4 is 0 Å². The van der Waals surface area contributed by atoms with Crippen molar-refractivity contribution in [1.82, 2.24) is 0 Å². The van der Waals surface area contributed by atoms with E-state index in [-0.39, 0.29) is 5.97 Å². The number of carbonyl (C=O) groups excluding carboxylic acids is 1. The van der Waals surface area contributed by atoms with Crippen LogP contribution in [0.5, 0.6) is 0 Å². The molecule has 0 saturated carbocycles. The molecule has 1 aliphatic carbocycles. The van der Waals surface area contributed by atoms with Crippen LogP contribution in [-0.4, -0.2) is 13.1 Å². The molecule has 0 heterocycles. The molecule has 0 unspecified atom stereocenters. The average molecular weight is 371 g/mol. The summed E-state index contributed by atoms with van der Waals surface area (Å²) in [5.41, 5.74) is 7.21. The van der Waals surface area contributed by atoms with E-state index in [0.29, 0.717) is 10.6 Å². The highest BCUT2D eigenvalue weighted by molar-refractivity contribution is 6.31. The second-order valence-corrected chi connectivity index (χ2v) is 7.05. The normalized spacial score (nSPS) is 11.5. The standard InChI is InChI=1S/C24H15ClO2/c1-27-24(26)21-10-9-14(25)13-22(21)17-11-12-20-16-6-3-2-5-15(16)18-7-4-8-19(17)23(18)20/h2-13H,1H3. The molecule has 1 aliphatic rings. The van der Waals surface area contributed by atoms with Gasteiger partial charge < -0.3 is 4.74 Å². The predicted octanol–water partition coefficient (Wildman–Crippen LogP) is 6.59. The van der Waals surface area contributed by atoms with E-state index in [0.717, 1.165) is 16.5 Å². The Morgan fingerprint density at radius 2 is 1.41 bits per heavy atom. The van der Waals surface area contributed by atoms with Gasteiger partial charge >= 0.3 is 5.97 Å². The zero-order chi connectivity index (χ0) is 18.5. The smallest absolute Gasteiger partial charge is 0.338 e. The minimum absolute atomic E-state index is 0.367. The summed E-state index contributed by atoms with van der Waals surface area (Å²) in [4.78, 5) is 12.3. The van der Waals surface area contributed by atoms with E-state index in [1.165, 1.54) is 34.7 Å². The molecule has 0 atom stereocenters. The Bertz CT molecular complexity index is 1210. The van der Waals surface area contributed by atoms with Crippen LogP contribution in [0.1, 0.15) is 10.4 Å². The Hall–Kier alpha value is -3.10. The average Bonchev–Trinajstić information content (AvgIpc) is 3.04. The number of carbonyl (C=O) groups is 1. The summed E-state index contributed by atoms with van der Waals surface area (Å²) in [7, 11) is 1.39. The van der Waals surface area contributed by atoms with Crippen molar-refractivity contribution in [1.29, 1.82) is 0 Å².